The molecule has 1 aromatic rings. The molecule has 0 radical (unpaired) electrons. The highest BCUT2D eigenvalue weighted by Gasteiger charge is 2.29. The van der Waals surface area contributed by atoms with Crippen LogP contribution in [0.2, 0.25) is 0 Å². The fourth-order valence-electron chi connectivity index (χ4n) is 2.13. The molecule has 0 saturated carbocycles. The fraction of sp³-hybridized carbons (Fsp3) is 0.562. The zero-order valence-electron chi connectivity index (χ0n) is 12.1. The van der Waals surface area contributed by atoms with Crippen molar-refractivity contribution in [2.24, 2.45) is 0 Å². The number of ether oxygens (including phenoxy) is 2. The normalized spacial score (nSPS) is 22.5. The Labute approximate surface area is 125 Å². The van der Waals surface area contributed by atoms with Gasteiger partial charge in [0.15, 0.2) is 0 Å². The second-order valence-electron chi connectivity index (χ2n) is 5.09. The Hall–Kier alpha value is -1.00. The Morgan fingerprint density at radius 1 is 1.40 bits per heavy atom. The standard InChI is InChI=1S/C16H22O3S/c1-3-5-15(17)19-14-6-4-11-18-16(14)20-13-9-7-12(2)8-10-13/h7-10,14,16H,3-6,11H2,1-2H3/t14-,16+/m1/s1. The van der Waals surface area contributed by atoms with Crippen molar-refractivity contribution in [3.8, 4) is 0 Å². The molecule has 1 saturated heterocycles. The third-order valence-corrected chi connectivity index (χ3v) is 4.45. The van der Waals surface area contributed by atoms with Crippen molar-refractivity contribution < 1.29 is 14.3 Å². The van der Waals surface area contributed by atoms with Crippen LogP contribution in [0, 0.1) is 6.92 Å². The largest absolute Gasteiger partial charge is 0.459 e. The van der Waals surface area contributed by atoms with Crippen LogP contribution >= 0.6 is 11.8 Å². The van der Waals surface area contributed by atoms with Gasteiger partial charge in [-0.25, -0.2) is 0 Å². The molecule has 20 heavy (non-hydrogen) atoms. The van der Waals surface area contributed by atoms with Gasteiger partial charge in [0.05, 0.1) is 0 Å². The van der Waals surface area contributed by atoms with Crippen LogP contribution in [0.5, 0.6) is 0 Å². The zero-order chi connectivity index (χ0) is 14.4. The first-order valence-corrected chi connectivity index (χ1v) is 8.11. The summed E-state index contributed by atoms with van der Waals surface area (Å²) in [6, 6.07) is 8.35. The number of carbonyl (C=O) groups is 1. The first kappa shape index (κ1) is 15.4. The Kier molecular flexibility index (Phi) is 5.92. The Balaban J connectivity index is 1.95. The lowest BCUT2D eigenvalue weighted by Crippen LogP contribution is -2.35. The van der Waals surface area contributed by atoms with Crippen LogP contribution in [-0.2, 0) is 14.3 Å². The van der Waals surface area contributed by atoms with E-state index in [4.69, 9.17) is 9.47 Å². The maximum Gasteiger partial charge on any atom is 0.306 e. The van der Waals surface area contributed by atoms with Crippen LogP contribution in [0.25, 0.3) is 0 Å². The first-order valence-electron chi connectivity index (χ1n) is 7.23. The average Bonchev–Trinajstić information content (AvgIpc) is 2.44. The molecule has 2 atom stereocenters. The van der Waals surface area contributed by atoms with Crippen molar-refractivity contribution in [2.45, 2.75) is 56.0 Å². The highest BCUT2D eigenvalue weighted by Crippen LogP contribution is 2.32. The van der Waals surface area contributed by atoms with Crippen molar-refractivity contribution >= 4 is 17.7 Å². The highest BCUT2D eigenvalue weighted by atomic mass is 32.2. The van der Waals surface area contributed by atoms with Gasteiger partial charge in [-0.2, -0.15) is 0 Å². The average molecular weight is 294 g/mol. The molecular formula is C16H22O3S. The van der Waals surface area contributed by atoms with Gasteiger partial charge in [0.2, 0.25) is 0 Å². The number of thioether (sulfide) groups is 1. The lowest BCUT2D eigenvalue weighted by atomic mass is 10.2. The van der Waals surface area contributed by atoms with Crippen LogP contribution in [0.15, 0.2) is 29.2 Å². The molecule has 1 aliphatic rings. The van der Waals surface area contributed by atoms with Gasteiger partial charge < -0.3 is 9.47 Å². The van der Waals surface area contributed by atoms with Gasteiger partial charge >= 0.3 is 5.97 Å². The summed E-state index contributed by atoms with van der Waals surface area (Å²) in [6.07, 6.45) is 3.02. The predicted octanol–water partition coefficient (Wildman–Crippen LogP) is 3.94. The molecule has 1 aromatic carbocycles. The van der Waals surface area contributed by atoms with Gasteiger partial charge in [0.1, 0.15) is 11.5 Å². The van der Waals surface area contributed by atoms with Crippen molar-refractivity contribution in [1.82, 2.24) is 0 Å². The minimum atomic E-state index is -0.130. The molecule has 110 valence electrons. The summed E-state index contributed by atoms with van der Waals surface area (Å²) in [4.78, 5) is 12.8. The maximum absolute atomic E-state index is 11.7. The number of benzene rings is 1. The quantitative estimate of drug-likeness (QED) is 0.771. The molecule has 1 aliphatic heterocycles. The molecule has 0 aliphatic carbocycles. The Morgan fingerprint density at radius 3 is 2.85 bits per heavy atom. The van der Waals surface area contributed by atoms with E-state index < -0.39 is 0 Å². The molecule has 0 bridgehead atoms. The van der Waals surface area contributed by atoms with E-state index >= 15 is 0 Å². The maximum atomic E-state index is 11.7. The van der Waals surface area contributed by atoms with E-state index in [-0.39, 0.29) is 17.5 Å². The molecule has 0 aromatic heterocycles. The predicted molar refractivity (Wildman–Crippen MR) is 80.8 cm³/mol. The van der Waals surface area contributed by atoms with E-state index in [0.717, 1.165) is 30.8 Å². The van der Waals surface area contributed by atoms with Gasteiger partial charge in [-0.1, -0.05) is 36.4 Å². The van der Waals surface area contributed by atoms with Crippen molar-refractivity contribution in [2.75, 3.05) is 6.61 Å². The molecule has 0 unspecified atom stereocenters. The van der Waals surface area contributed by atoms with Gasteiger partial charge in [-0.05, 0) is 38.3 Å². The third-order valence-electron chi connectivity index (χ3n) is 3.23. The number of esters is 1. The number of hydrogen-bond donors (Lipinski definition) is 0. The number of aryl methyl sites for hydroxylation is 1. The lowest BCUT2D eigenvalue weighted by molar-refractivity contribution is -0.157. The van der Waals surface area contributed by atoms with E-state index in [9.17, 15) is 4.79 Å². The van der Waals surface area contributed by atoms with Crippen LogP contribution in [-0.4, -0.2) is 24.1 Å². The van der Waals surface area contributed by atoms with Gasteiger partial charge in [0.25, 0.3) is 0 Å². The van der Waals surface area contributed by atoms with Crippen molar-refractivity contribution in [3.05, 3.63) is 29.8 Å². The molecule has 1 fully saturated rings. The summed E-state index contributed by atoms with van der Waals surface area (Å²) < 4.78 is 11.3. The van der Waals surface area contributed by atoms with Crippen LogP contribution in [0.1, 0.15) is 38.2 Å². The van der Waals surface area contributed by atoms with E-state index in [1.807, 2.05) is 6.92 Å². The minimum Gasteiger partial charge on any atom is -0.459 e. The summed E-state index contributed by atoms with van der Waals surface area (Å²) >= 11 is 1.64. The fourth-order valence-corrected chi connectivity index (χ4v) is 3.20. The summed E-state index contributed by atoms with van der Waals surface area (Å²) in [6.45, 7) is 4.80. The Bertz CT molecular complexity index is 430. The SMILES string of the molecule is CCCC(=O)O[C@@H]1CCCO[C@H]1Sc1ccc(C)cc1. The first-order chi connectivity index (χ1) is 9.69. The summed E-state index contributed by atoms with van der Waals surface area (Å²) in [5, 5.41) is 0. The van der Waals surface area contributed by atoms with E-state index in [1.165, 1.54) is 5.56 Å². The molecule has 0 N–H and O–H groups in total. The zero-order valence-corrected chi connectivity index (χ0v) is 12.9. The number of rotatable bonds is 5. The van der Waals surface area contributed by atoms with Crippen LogP contribution in [0.3, 0.4) is 0 Å². The van der Waals surface area contributed by atoms with Crippen LogP contribution in [0.4, 0.5) is 0 Å². The van der Waals surface area contributed by atoms with Gasteiger partial charge in [-0.3, -0.25) is 4.79 Å². The lowest BCUT2D eigenvalue weighted by Gasteiger charge is -2.30. The second-order valence-corrected chi connectivity index (χ2v) is 6.26. The Morgan fingerprint density at radius 2 is 2.15 bits per heavy atom. The molecule has 3 nitrogen and oxygen atoms in total. The topological polar surface area (TPSA) is 35.5 Å². The second kappa shape index (κ2) is 7.70. The molecule has 2 rings (SSSR count). The molecule has 1 heterocycles. The molecule has 4 heteroatoms. The summed E-state index contributed by atoms with van der Waals surface area (Å²) in [7, 11) is 0. The highest BCUT2D eigenvalue weighted by molar-refractivity contribution is 7.99. The van der Waals surface area contributed by atoms with E-state index in [1.54, 1.807) is 11.8 Å². The third kappa shape index (κ3) is 4.53. The monoisotopic (exact) mass is 294 g/mol. The van der Waals surface area contributed by atoms with E-state index in [0.29, 0.717) is 6.42 Å². The van der Waals surface area contributed by atoms with E-state index in [2.05, 4.69) is 31.2 Å². The number of hydrogen-bond acceptors (Lipinski definition) is 4. The van der Waals surface area contributed by atoms with Gasteiger partial charge in [-0.15, -0.1) is 0 Å². The smallest absolute Gasteiger partial charge is 0.306 e. The summed E-state index contributed by atoms with van der Waals surface area (Å²) in [5.41, 5.74) is 1.15. The number of carbonyl (C=O) groups excluding carboxylic acids is 1. The molecule has 0 amide bonds. The van der Waals surface area contributed by atoms with Crippen LogP contribution < -0.4 is 0 Å². The van der Waals surface area contributed by atoms with Crippen molar-refractivity contribution in [1.29, 1.82) is 0 Å². The minimum absolute atomic E-state index is 0.0905. The summed E-state index contributed by atoms with van der Waals surface area (Å²) in [5.74, 6) is -0.113. The molecular weight excluding hydrogens is 272 g/mol. The van der Waals surface area contributed by atoms with Crippen molar-refractivity contribution in [3.63, 3.8) is 0 Å². The van der Waals surface area contributed by atoms with Gasteiger partial charge in [0, 0.05) is 17.9 Å². The molecule has 0 spiro atoms.